The summed E-state index contributed by atoms with van der Waals surface area (Å²) in [7, 11) is 0. The quantitative estimate of drug-likeness (QED) is 0.212. The Balaban J connectivity index is 1.38. The molecule has 0 fully saturated rings. The molecule has 0 radical (unpaired) electrons. The van der Waals surface area contributed by atoms with Crippen molar-refractivity contribution in [3.05, 3.63) is 98.5 Å². The van der Waals surface area contributed by atoms with Gasteiger partial charge in [0.1, 0.15) is 5.76 Å². The van der Waals surface area contributed by atoms with E-state index in [1.165, 1.54) is 23.7 Å². The number of furan rings is 1. The third-order valence-corrected chi connectivity index (χ3v) is 8.30. The molecule has 1 aliphatic rings. The number of amides is 2. The molecule has 4 aromatic rings. The fraction of sp³-hybridized carbons (Fsp3) is 0.111. The summed E-state index contributed by atoms with van der Waals surface area (Å²) >= 11 is 14.8. The van der Waals surface area contributed by atoms with Gasteiger partial charge in [0.25, 0.3) is 5.91 Å². The van der Waals surface area contributed by atoms with Gasteiger partial charge in [0.2, 0.25) is 5.91 Å². The van der Waals surface area contributed by atoms with E-state index in [2.05, 4.69) is 27.0 Å². The molecule has 5 rings (SSSR count). The van der Waals surface area contributed by atoms with Crippen molar-refractivity contribution in [2.75, 3.05) is 16.4 Å². The second-order valence-corrected chi connectivity index (χ2v) is 11.2. The van der Waals surface area contributed by atoms with Crippen LogP contribution >= 0.6 is 46.3 Å². The van der Waals surface area contributed by atoms with Gasteiger partial charge in [-0.05, 0) is 49.4 Å². The van der Waals surface area contributed by atoms with E-state index in [0.717, 1.165) is 22.0 Å². The van der Waals surface area contributed by atoms with Crippen LogP contribution in [0.25, 0.3) is 10.2 Å². The Hall–Kier alpha value is -3.75. The number of allylic oxidation sites excluding steroid dienone is 2. The van der Waals surface area contributed by atoms with Crippen LogP contribution in [0.5, 0.6) is 0 Å². The van der Waals surface area contributed by atoms with E-state index in [0.29, 0.717) is 32.3 Å². The van der Waals surface area contributed by atoms with Crippen LogP contribution in [0.15, 0.2) is 87.1 Å². The summed E-state index contributed by atoms with van der Waals surface area (Å²) in [6.45, 7) is 1.73. The number of hydrogen-bond donors (Lipinski definition) is 3. The van der Waals surface area contributed by atoms with E-state index >= 15 is 0 Å². The van der Waals surface area contributed by atoms with Gasteiger partial charge in [0.05, 0.1) is 61.1 Å². The van der Waals surface area contributed by atoms with Crippen molar-refractivity contribution in [1.29, 1.82) is 5.26 Å². The Labute approximate surface area is 241 Å². The molecule has 0 saturated heterocycles. The number of nitriles is 1. The smallest absolute Gasteiger partial charge is 0.254 e. The van der Waals surface area contributed by atoms with Gasteiger partial charge in [-0.15, -0.1) is 0 Å². The summed E-state index contributed by atoms with van der Waals surface area (Å²) in [4.78, 5) is 30.6. The highest BCUT2D eigenvalue weighted by Gasteiger charge is 2.36. The summed E-state index contributed by atoms with van der Waals surface area (Å²) in [5, 5.41) is 20.6. The number of hydrogen-bond acceptors (Lipinski definition) is 8. The lowest BCUT2D eigenvalue weighted by Gasteiger charge is -2.28. The van der Waals surface area contributed by atoms with Crippen LogP contribution in [0.3, 0.4) is 0 Å². The van der Waals surface area contributed by atoms with Crippen molar-refractivity contribution < 1.29 is 14.0 Å². The van der Waals surface area contributed by atoms with Crippen molar-refractivity contribution >= 4 is 79.2 Å². The molecule has 3 N–H and O–H groups in total. The maximum atomic E-state index is 13.5. The first-order valence-corrected chi connectivity index (χ1v) is 14.1. The number of para-hydroxylation sites is 1. The number of thioether (sulfide) groups is 1. The maximum Gasteiger partial charge on any atom is 0.254 e. The van der Waals surface area contributed by atoms with E-state index in [-0.39, 0.29) is 27.8 Å². The van der Waals surface area contributed by atoms with Crippen molar-refractivity contribution in [2.45, 2.75) is 12.8 Å². The number of rotatable bonds is 7. The van der Waals surface area contributed by atoms with Gasteiger partial charge in [-0.3, -0.25) is 9.59 Å². The number of nitrogens with zero attached hydrogens (tertiary/aromatic N) is 2. The SMILES string of the molecule is CC1=C(C(=O)Nc2ccc(Cl)cc2Cl)C(c2ccco2)C(C#N)=C(SCC(=O)Nc2nc3ccccc3s2)N1. The Morgan fingerprint density at radius 1 is 1.18 bits per heavy atom. The fourth-order valence-corrected chi connectivity index (χ4v) is 6.30. The summed E-state index contributed by atoms with van der Waals surface area (Å²) in [6.07, 6.45) is 1.48. The predicted octanol–water partition coefficient (Wildman–Crippen LogP) is 6.90. The molecule has 0 spiro atoms. The lowest BCUT2D eigenvalue weighted by atomic mass is 9.85. The first-order valence-electron chi connectivity index (χ1n) is 11.5. The van der Waals surface area contributed by atoms with Crippen LogP contribution in [0.4, 0.5) is 10.8 Å². The highest BCUT2D eigenvalue weighted by molar-refractivity contribution is 8.03. The number of dihydropyridines is 1. The molecule has 1 atom stereocenters. The molecule has 2 aromatic heterocycles. The molecule has 0 bridgehead atoms. The zero-order chi connectivity index (χ0) is 27.5. The lowest BCUT2D eigenvalue weighted by molar-refractivity contribution is -0.114. The van der Waals surface area contributed by atoms with E-state index in [9.17, 15) is 14.9 Å². The number of nitrogens with one attached hydrogen (secondary N) is 3. The number of benzene rings is 2. The van der Waals surface area contributed by atoms with E-state index in [1.807, 2.05) is 24.3 Å². The van der Waals surface area contributed by atoms with Crippen LogP contribution in [0.2, 0.25) is 10.0 Å². The average Bonchev–Trinajstić information content (AvgIpc) is 3.58. The first kappa shape index (κ1) is 26.8. The van der Waals surface area contributed by atoms with Crippen molar-refractivity contribution in [2.24, 2.45) is 0 Å². The Morgan fingerprint density at radius 2 is 2.00 bits per heavy atom. The van der Waals surface area contributed by atoms with Crippen molar-refractivity contribution in [1.82, 2.24) is 10.3 Å². The van der Waals surface area contributed by atoms with Crippen molar-refractivity contribution in [3.8, 4) is 6.07 Å². The van der Waals surface area contributed by atoms with Crippen LogP contribution < -0.4 is 16.0 Å². The fourth-order valence-electron chi connectivity index (χ4n) is 4.07. The van der Waals surface area contributed by atoms with Crippen LogP contribution in [0, 0.1) is 11.3 Å². The van der Waals surface area contributed by atoms with Crippen LogP contribution in [-0.4, -0.2) is 22.6 Å². The minimum atomic E-state index is -0.799. The molecule has 39 heavy (non-hydrogen) atoms. The number of thiazole rings is 1. The number of aromatic nitrogens is 1. The minimum absolute atomic E-state index is 0.0174. The summed E-state index contributed by atoms with van der Waals surface area (Å²) in [5.41, 5.74) is 2.23. The third-order valence-electron chi connectivity index (χ3n) is 5.79. The van der Waals surface area contributed by atoms with E-state index in [1.54, 1.807) is 31.2 Å². The standard InChI is InChI=1S/C27H19Cl2N5O3S2/c1-14-23(25(36)32-18-9-8-15(28)11-17(18)29)24(20-6-4-10-37-20)16(12-30)26(31-14)38-13-22(35)34-27-33-19-5-2-3-7-21(19)39-27/h2-11,24,31H,13H2,1H3,(H,32,36)(H,33,34,35). The zero-order valence-corrected chi connectivity index (χ0v) is 23.4. The van der Waals surface area contributed by atoms with Gasteiger partial charge in [0, 0.05) is 10.7 Å². The number of carbonyl (C=O) groups excluding carboxylic acids is 2. The monoisotopic (exact) mass is 595 g/mol. The third kappa shape index (κ3) is 5.82. The Bertz CT molecular complexity index is 1660. The molecule has 12 heteroatoms. The number of anilines is 2. The summed E-state index contributed by atoms with van der Waals surface area (Å²) < 4.78 is 6.61. The van der Waals surface area contributed by atoms with Gasteiger partial charge < -0.3 is 20.4 Å². The first-order chi connectivity index (χ1) is 18.8. The van der Waals surface area contributed by atoms with Crippen molar-refractivity contribution in [3.63, 3.8) is 0 Å². The molecule has 1 unspecified atom stereocenters. The molecule has 196 valence electrons. The number of carbonyl (C=O) groups is 2. The molecule has 2 amide bonds. The predicted molar refractivity (Wildman–Crippen MR) is 156 cm³/mol. The molecule has 0 saturated carbocycles. The van der Waals surface area contributed by atoms with Crippen LogP contribution in [0.1, 0.15) is 18.6 Å². The molecule has 1 aliphatic heterocycles. The zero-order valence-electron chi connectivity index (χ0n) is 20.2. The summed E-state index contributed by atoms with van der Waals surface area (Å²) in [5.74, 6) is -1.11. The second-order valence-electron chi connectivity index (χ2n) is 8.37. The molecule has 8 nitrogen and oxygen atoms in total. The normalized spacial score (nSPS) is 15.2. The second kappa shape index (κ2) is 11.6. The van der Waals surface area contributed by atoms with E-state index < -0.39 is 11.8 Å². The lowest BCUT2D eigenvalue weighted by Crippen LogP contribution is -2.31. The highest BCUT2D eigenvalue weighted by Crippen LogP contribution is 2.41. The number of fused-ring (bicyclic) bond motifs is 1. The molecule has 3 heterocycles. The molecular formula is C27H19Cl2N5O3S2. The topological polar surface area (TPSA) is 120 Å². The maximum absolute atomic E-state index is 13.5. The van der Waals surface area contributed by atoms with Gasteiger partial charge in [-0.1, -0.05) is 58.4 Å². The van der Waals surface area contributed by atoms with Gasteiger partial charge in [0.15, 0.2) is 5.13 Å². The van der Waals surface area contributed by atoms with Gasteiger partial charge >= 0.3 is 0 Å². The van der Waals surface area contributed by atoms with E-state index in [4.69, 9.17) is 27.6 Å². The number of halogens is 2. The average molecular weight is 597 g/mol. The van der Waals surface area contributed by atoms with Crippen LogP contribution in [-0.2, 0) is 9.59 Å². The molecule has 2 aromatic carbocycles. The highest BCUT2D eigenvalue weighted by atomic mass is 35.5. The minimum Gasteiger partial charge on any atom is -0.468 e. The van der Waals surface area contributed by atoms with Gasteiger partial charge in [-0.2, -0.15) is 5.26 Å². The molecular weight excluding hydrogens is 577 g/mol. The molecule has 0 aliphatic carbocycles. The Kier molecular flexibility index (Phi) is 7.95. The largest absolute Gasteiger partial charge is 0.468 e. The van der Waals surface area contributed by atoms with Gasteiger partial charge in [-0.25, -0.2) is 4.98 Å². The summed E-state index contributed by atoms with van der Waals surface area (Å²) in [6, 6.07) is 17.9. The Morgan fingerprint density at radius 3 is 2.72 bits per heavy atom.